The highest BCUT2D eigenvalue weighted by atomic mass is 16.5. The van der Waals surface area contributed by atoms with Crippen molar-refractivity contribution in [3.63, 3.8) is 0 Å². The predicted molar refractivity (Wildman–Crippen MR) is 71.5 cm³/mol. The van der Waals surface area contributed by atoms with Gasteiger partial charge in [-0.1, -0.05) is 25.7 Å². The highest BCUT2D eigenvalue weighted by molar-refractivity contribution is 5.80. The molecule has 106 valence electrons. The summed E-state index contributed by atoms with van der Waals surface area (Å²) in [5.41, 5.74) is -0.625. The van der Waals surface area contributed by atoms with Crippen LogP contribution in [-0.2, 0) is 14.3 Å². The summed E-state index contributed by atoms with van der Waals surface area (Å²) in [5, 5.41) is 3.50. The van der Waals surface area contributed by atoms with E-state index in [0.717, 1.165) is 12.8 Å². The van der Waals surface area contributed by atoms with Gasteiger partial charge in [0.15, 0.2) is 0 Å². The molecule has 0 aromatic carbocycles. The van der Waals surface area contributed by atoms with Crippen LogP contribution in [0.1, 0.15) is 51.9 Å². The van der Waals surface area contributed by atoms with E-state index in [1.165, 1.54) is 32.8 Å². The molecule has 0 aromatic rings. The van der Waals surface area contributed by atoms with E-state index >= 15 is 0 Å². The average molecular weight is 257 g/mol. The zero-order chi connectivity index (χ0) is 13.4. The first-order valence-corrected chi connectivity index (χ1v) is 6.97. The third-order valence-electron chi connectivity index (χ3n) is 3.82. The van der Waals surface area contributed by atoms with E-state index in [1.54, 1.807) is 7.11 Å². The molecule has 1 rings (SSSR count). The van der Waals surface area contributed by atoms with E-state index < -0.39 is 5.54 Å². The Morgan fingerprint density at radius 2 is 1.83 bits per heavy atom. The normalized spacial score (nSPS) is 21.1. The maximum atomic E-state index is 12.0. The van der Waals surface area contributed by atoms with Gasteiger partial charge >= 0.3 is 5.97 Å². The van der Waals surface area contributed by atoms with Crippen molar-refractivity contribution in [1.82, 2.24) is 5.32 Å². The van der Waals surface area contributed by atoms with Crippen molar-refractivity contribution in [2.75, 3.05) is 20.8 Å². The van der Waals surface area contributed by atoms with E-state index in [1.807, 2.05) is 6.92 Å². The van der Waals surface area contributed by atoms with Gasteiger partial charge in [0.1, 0.15) is 5.54 Å². The highest BCUT2D eigenvalue weighted by Crippen LogP contribution is 2.21. The number of hydrogen-bond donors (Lipinski definition) is 1. The lowest BCUT2D eigenvalue weighted by atomic mass is 9.95. The van der Waals surface area contributed by atoms with Crippen molar-refractivity contribution in [2.45, 2.75) is 63.5 Å². The number of carbonyl (C=O) groups is 1. The molecule has 0 aromatic heterocycles. The standard InChI is InChI=1S/C14H27NO3/c1-14(10-11-17-2,13(16)18-3)15-12-8-6-4-5-7-9-12/h12,15H,4-11H2,1-3H3. The summed E-state index contributed by atoms with van der Waals surface area (Å²) in [6, 6.07) is 0.424. The zero-order valence-corrected chi connectivity index (χ0v) is 12.0. The Morgan fingerprint density at radius 3 is 2.33 bits per heavy atom. The molecule has 1 aliphatic rings. The van der Waals surface area contributed by atoms with E-state index in [-0.39, 0.29) is 5.97 Å². The topological polar surface area (TPSA) is 47.6 Å². The molecule has 0 aliphatic heterocycles. The van der Waals surface area contributed by atoms with Crippen LogP contribution in [0, 0.1) is 0 Å². The largest absolute Gasteiger partial charge is 0.468 e. The minimum atomic E-state index is -0.625. The van der Waals surface area contributed by atoms with Gasteiger partial charge in [-0.25, -0.2) is 0 Å². The van der Waals surface area contributed by atoms with Gasteiger partial charge in [-0.3, -0.25) is 10.1 Å². The smallest absolute Gasteiger partial charge is 0.325 e. The van der Waals surface area contributed by atoms with Gasteiger partial charge in [0.25, 0.3) is 0 Å². The second-order valence-corrected chi connectivity index (χ2v) is 5.40. The molecular formula is C14H27NO3. The summed E-state index contributed by atoms with van der Waals surface area (Å²) in [4.78, 5) is 12.0. The van der Waals surface area contributed by atoms with Gasteiger partial charge in [-0.2, -0.15) is 0 Å². The lowest BCUT2D eigenvalue weighted by molar-refractivity contribution is -0.149. The number of methoxy groups -OCH3 is 2. The molecule has 0 spiro atoms. The highest BCUT2D eigenvalue weighted by Gasteiger charge is 2.35. The molecule has 1 unspecified atom stereocenters. The van der Waals surface area contributed by atoms with Crippen molar-refractivity contribution in [2.24, 2.45) is 0 Å². The van der Waals surface area contributed by atoms with Gasteiger partial charge in [-0.05, 0) is 26.2 Å². The number of rotatable bonds is 6. The Morgan fingerprint density at radius 1 is 1.22 bits per heavy atom. The summed E-state index contributed by atoms with van der Waals surface area (Å²) >= 11 is 0. The molecule has 0 saturated heterocycles. The molecule has 1 atom stereocenters. The fourth-order valence-electron chi connectivity index (χ4n) is 2.64. The van der Waals surface area contributed by atoms with Crippen molar-refractivity contribution in [1.29, 1.82) is 0 Å². The third kappa shape index (κ3) is 4.58. The Bertz CT molecular complexity index is 249. The van der Waals surface area contributed by atoms with Crippen molar-refractivity contribution < 1.29 is 14.3 Å². The summed E-state index contributed by atoms with van der Waals surface area (Å²) in [6.07, 6.45) is 8.07. The molecule has 0 bridgehead atoms. The number of esters is 1. The molecule has 4 heteroatoms. The first-order chi connectivity index (χ1) is 8.62. The average Bonchev–Trinajstić information content (AvgIpc) is 2.63. The molecule has 1 aliphatic carbocycles. The fraction of sp³-hybridized carbons (Fsp3) is 0.929. The summed E-state index contributed by atoms with van der Waals surface area (Å²) in [7, 11) is 3.10. The van der Waals surface area contributed by atoms with Crippen LogP contribution in [0.5, 0.6) is 0 Å². The Labute approximate surface area is 110 Å². The maximum absolute atomic E-state index is 12.0. The molecule has 18 heavy (non-hydrogen) atoms. The van der Waals surface area contributed by atoms with Crippen LogP contribution in [0.4, 0.5) is 0 Å². The Hall–Kier alpha value is -0.610. The Kier molecular flexibility index (Phi) is 6.65. The molecule has 4 nitrogen and oxygen atoms in total. The van der Waals surface area contributed by atoms with Crippen LogP contribution >= 0.6 is 0 Å². The number of ether oxygens (including phenoxy) is 2. The Balaban J connectivity index is 2.60. The van der Waals surface area contributed by atoms with Crippen molar-refractivity contribution in [3.8, 4) is 0 Å². The van der Waals surface area contributed by atoms with E-state index in [9.17, 15) is 4.79 Å². The molecule has 1 fully saturated rings. The van der Waals surface area contributed by atoms with Crippen LogP contribution < -0.4 is 5.32 Å². The van der Waals surface area contributed by atoms with Crippen LogP contribution in [-0.4, -0.2) is 38.4 Å². The monoisotopic (exact) mass is 257 g/mol. The maximum Gasteiger partial charge on any atom is 0.325 e. The number of carbonyl (C=O) groups excluding carboxylic acids is 1. The number of nitrogens with one attached hydrogen (secondary N) is 1. The lowest BCUT2D eigenvalue weighted by Gasteiger charge is -2.32. The predicted octanol–water partition coefficient (Wildman–Crippen LogP) is 2.27. The SMILES string of the molecule is COCCC(C)(NC1CCCCCC1)C(=O)OC. The lowest BCUT2D eigenvalue weighted by Crippen LogP contribution is -2.54. The van der Waals surface area contributed by atoms with Crippen LogP contribution in [0.2, 0.25) is 0 Å². The first kappa shape index (κ1) is 15.4. The summed E-state index contributed by atoms with van der Waals surface area (Å²) in [5.74, 6) is -0.191. The molecular weight excluding hydrogens is 230 g/mol. The quantitative estimate of drug-likeness (QED) is 0.586. The van der Waals surface area contributed by atoms with Gasteiger partial charge < -0.3 is 9.47 Å². The fourth-order valence-corrected chi connectivity index (χ4v) is 2.64. The van der Waals surface area contributed by atoms with Gasteiger partial charge in [-0.15, -0.1) is 0 Å². The van der Waals surface area contributed by atoms with E-state index in [2.05, 4.69) is 5.32 Å². The zero-order valence-electron chi connectivity index (χ0n) is 12.0. The second-order valence-electron chi connectivity index (χ2n) is 5.40. The van der Waals surface area contributed by atoms with Gasteiger partial charge in [0.05, 0.1) is 7.11 Å². The minimum Gasteiger partial charge on any atom is -0.468 e. The second kappa shape index (κ2) is 7.74. The first-order valence-electron chi connectivity index (χ1n) is 6.97. The molecule has 0 amide bonds. The molecule has 1 N–H and O–H groups in total. The van der Waals surface area contributed by atoms with Crippen molar-refractivity contribution >= 4 is 5.97 Å². The van der Waals surface area contributed by atoms with E-state index in [4.69, 9.17) is 9.47 Å². The van der Waals surface area contributed by atoms with E-state index in [0.29, 0.717) is 19.1 Å². The third-order valence-corrected chi connectivity index (χ3v) is 3.82. The van der Waals surface area contributed by atoms with Crippen LogP contribution in [0.15, 0.2) is 0 Å². The van der Waals surface area contributed by atoms with Gasteiger partial charge in [0, 0.05) is 19.8 Å². The molecule has 0 radical (unpaired) electrons. The summed E-state index contributed by atoms with van der Waals surface area (Å²) in [6.45, 7) is 2.48. The van der Waals surface area contributed by atoms with Crippen LogP contribution in [0.3, 0.4) is 0 Å². The van der Waals surface area contributed by atoms with Crippen molar-refractivity contribution in [3.05, 3.63) is 0 Å². The van der Waals surface area contributed by atoms with Gasteiger partial charge in [0.2, 0.25) is 0 Å². The summed E-state index contributed by atoms with van der Waals surface area (Å²) < 4.78 is 10.0. The molecule has 0 heterocycles. The number of hydrogen-bond acceptors (Lipinski definition) is 4. The molecule has 1 saturated carbocycles. The van der Waals surface area contributed by atoms with Crippen LogP contribution in [0.25, 0.3) is 0 Å². The minimum absolute atomic E-state index is 0.191.